The van der Waals surface area contributed by atoms with Gasteiger partial charge in [0.2, 0.25) is 6.29 Å². The van der Waals surface area contributed by atoms with Crippen molar-refractivity contribution in [1.82, 2.24) is 0 Å². The fourth-order valence-electron chi connectivity index (χ4n) is 1.70. The molecule has 0 aliphatic heterocycles. The monoisotopic (exact) mass is 302 g/mol. The third kappa shape index (κ3) is 2.57. The van der Waals surface area contributed by atoms with Gasteiger partial charge < -0.3 is 0 Å². The van der Waals surface area contributed by atoms with Crippen molar-refractivity contribution in [2.75, 3.05) is 0 Å². The molecule has 0 saturated heterocycles. The lowest BCUT2D eigenvalue weighted by Gasteiger charge is -2.07. The number of ketones is 1. The predicted octanol–water partition coefficient (Wildman–Crippen LogP) is 3.55. The first-order valence-electron chi connectivity index (χ1n) is 5.49. The zero-order valence-corrected chi connectivity index (χ0v) is 11.5. The van der Waals surface area contributed by atoms with E-state index in [1.807, 2.05) is 6.07 Å². The van der Waals surface area contributed by atoms with Crippen LogP contribution in [0.2, 0.25) is 10.0 Å². The van der Waals surface area contributed by atoms with E-state index in [-0.39, 0.29) is 21.2 Å². The van der Waals surface area contributed by atoms with Gasteiger partial charge in [0.05, 0.1) is 27.2 Å². The second-order valence-corrected chi connectivity index (χ2v) is 4.69. The zero-order valence-electron chi connectivity index (χ0n) is 9.98. The molecular formula is C15H6Cl2NO2. The fourth-order valence-corrected chi connectivity index (χ4v) is 2.11. The Morgan fingerprint density at radius 2 is 1.70 bits per heavy atom. The van der Waals surface area contributed by atoms with E-state index in [2.05, 4.69) is 0 Å². The molecule has 0 heterocycles. The Morgan fingerprint density at radius 3 is 2.25 bits per heavy atom. The number of halogens is 2. The van der Waals surface area contributed by atoms with Crippen LogP contribution in [-0.2, 0) is 4.79 Å². The number of hydrogen-bond donors (Lipinski definition) is 0. The summed E-state index contributed by atoms with van der Waals surface area (Å²) in [6, 6.07) is 10.8. The normalized spacial score (nSPS) is 9.85. The molecular weight excluding hydrogens is 297 g/mol. The maximum Gasteiger partial charge on any atom is 0.234 e. The molecule has 0 atom stereocenters. The van der Waals surface area contributed by atoms with Crippen LogP contribution in [0, 0.1) is 11.3 Å². The summed E-state index contributed by atoms with van der Waals surface area (Å²) in [4.78, 5) is 23.3. The zero-order chi connectivity index (χ0) is 14.7. The van der Waals surface area contributed by atoms with E-state index in [4.69, 9.17) is 28.5 Å². The molecule has 0 bridgehead atoms. The Hall–Kier alpha value is -2.15. The molecule has 2 rings (SSSR count). The standard InChI is InChI=1S/C15H6Cl2NO2/c16-12-6-5-11(8-19)13(14(12)17)15(20)10-3-1-9(7-18)2-4-10/h1-6H. The predicted molar refractivity (Wildman–Crippen MR) is 75.8 cm³/mol. The molecule has 0 aliphatic rings. The van der Waals surface area contributed by atoms with Crippen LogP contribution in [0.1, 0.15) is 27.0 Å². The Kier molecular flexibility index (Phi) is 4.19. The van der Waals surface area contributed by atoms with Crippen LogP contribution in [0.15, 0.2) is 36.4 Å². The lowest BCUT2D eigenvalue weighted by atomic mass is 9.98. The van der Waals surface area contributed by atoms with Crippen LogP contribution in [0.3, 0.4) is 0 Å². The maximum absolute atomic E-state index is 12.4. The fraction of sp³-hybridized carbons (Fsp3) is 0. The molecule has 5 heteroatoms. The molecule has 0 aliphatic carbocycles. The second-order valence-electron chi connectivity index (χ2n) is 3.90. The molecule has 0 unspecified atom stereocenters. The van der Waals surface area contributed by atoms with Gasteiger partial charge in [-0.15, -0.1) is 0 Å². The molecule has 0 aromatic heterocycles. The Bertz CT molecular complexity index is 731. The lowest BCUT2D eigenvalue weighted by Crippen LogP contribution is -2.06. The third-order valence-corrected chi connectivity index (χ3v) is 3.51. The van der Waals surface area contributed by atoms with Crippen LogP contribution in [-0.4, -0.2) is 12.1 Å². The van der Waals surface area contributed by atoms with Crippen LogP contribution >= 0.6 is 23.2 Å². The molecule has 0 fully saturated rings. The smallest absolute Gasteiger partial charge is 0.234 e. The minimum atomic E-state index is -0.444. The molecule has 2 aromatic rings. The van der Waals surface area contributed by atoms with E-state index in [1.54, 1.807) is 6.29 Å². The average Bonchev–Trinajstić information content (AvgIpc) is 2.49. The summed E-state index contributed by atoms with van der Waals surface area (Å²) < 4.78 is 0. The SMILES string of the molecule is N#Cc1ccc(C(=O)c2c([C]=O)ccc(Cl)c2Cl)cc1. The van der Waals surface area contributed by atoms with Crippen molar-refractivity contribution in [3.05, 3.63) is 68.7 Å². The summed E-state index contributed by atoms with van der Waals surface area (Å²) in [5, 5.41) is 8.92. The molecule has 0 spiro atoms. The highest BCUT2D eigenvalue weighted by Gasteiger charge is 2.19. The largest absolute Gasteiger partial charge is 0.289 e. The molecule has 3 nitrogen and oxygen atoms in total. The summed E-state index contributed by atoms with van der Waals surface area (Å²) in [6.07, 6.45) is 1.67. The van der Waals surface area contributed by atoms with Crippen LogP contribution in [0.25, 0.3) is 0 Å². The van der Waals surface area contributed by atoms with Gasteiger partial charge in [-0.3, -0.25) is 9.59 Å². The highest BCUT2D eigenvalue weighted by Crippen LogP contribution is 2.29. The van der Waals surface area contributed by atoms with Crippen molar-refractivity contribution in [3.8, 4) is 6.07 Å². The minimum Gasteiger partial charge on any atom is -0.289 e. The number of hydrogen-bond acceptors (Lipinski definition) is 3. The maximum atomic E-state index is 12.4. The highest BCUT2D eigenvalue weighted by atomic mass is 35.5. The van der Waals surface area contributed by atoms with Gasteiger partial charge in [-0.05, 0) is 36.4 Å². The Balaban J connectivity index is 2.55. The van der Waals surface area contributed by atoms with Gasteiger partial charge in [-0.1, -0.05) is 23.2 Å². The Morgan fingerprint density at radius 1 is 1.05 bits per heavy atom. The van der Waals surface area contributed by atoms with Gasteiger partial charge in [-0.2, -0.15) is 5.26 Å². The van der Waals surface area contributed by atoms with Gasteiger partial charge in [0.1, 0.15) is 0 Å². The summed E-state index contributed by atoms with van der Waals surface area (Å²) in [5.41, 5.74) is 0.804. The number of benzene rings is 2. The number of carbonyl (C=O) groups excluding carboxylic acids is 2. The molecule has 1 radical (unpaired) electrons. The van der Waals surface area contributed by atoms with E-state index < -0.39 is 5.78 Å². The third-order valence-electron chi connectivity index (χ3n) is 2.71. The van der Waals surface area contributed by atoms with Crippen LogP contribution in [0.4, 0.5) is 0 Å². The summed E-state index contributed by atoms with van der Waals surface area (Å²) in [6.45, 7) is 0. The van der Waals surface area contributed by atoms with Crippen molar-refractivity contribution in [3.63, 3.8) is 0 Å². The summed E-state index contributed by atoms with van der Waals surface area (Å²) >= 11 is 11.9. The molecule has 20 heavy (non-hydrogen) atoms. The van der Waals surface area contributed by atoms with E-state index in [0.29, 0.717) is 11.1 Å². The quantitative estimate of drug-likeness (QED) is 0.815. The average molecular weight is 303 g/mol. The number of nitriles is 1. The van der Waals surface area contributed by atoms with Crippen LogP contribution < -0.4 is 0 Å². The van der Waals surface area contributed by atoms with Crippen molar-refractivity contribution in [2.45, 2.75) is 0 Å². The molecule has 0 N–H and O–H groups in total. The molecule has 0 amide bonds. The van der Waals surface area contributed by atoms with E-state index in [9.17, 15) is 9.59 Å². The highest BCUT2D eigenvalue weighted by molar-refractivity contribution is 6.44. The van der Waals surface area contributed by atoms with Crippen LogP contribution in [0.5, 0.6) is 0 Å². The van der Waals surface area contributed by atoms with Gasteiger partial charge in [0.15, 0.2) is 5.78 Å². The van der Waals surface area contributed by atoms with E-state index in [0.717, 1.165) is 0 Å². The Labute approximate surface area is 125 Å². The lowest BCUT2D eigenvalue weighted by molar-refractivity contribution is 0.103. The van der Waals surface area contributed by atoms with Gasteiger partial charge in [-0.25, -0.2) is 0 Å². The van der Waals surface area contributed by atoms with Gasteiger partial charge in [0.25, 0.3) is 0 Å². The number of carbonyl (C=O) groups is 1. The summed E-state index contributed by atoms with van der Waals surface area (Å²) in [7, 11) is 0. The number of nitrogens with zero attached hydrogens (tertiary/aromatic N) is 1. The summed E-state index contributed by atoms with van der Waals surface area (Å²) in [5.74, 6) is -0.444. The van der Waals surface area contributed by atoms with E-state index in [1.165, 1.54) is 36.4 Å². The van der Waals surface area contributed by atoms with E-state index >= 15 is 0 Å². The molecule has 97 valence electrons. The first-order valence-corrected chi connectivity index (χ1v) is 6.25. The van der Waals surface area contributed by atoms with Gasteiger partial charge >= 0.3 is 0 Å². The topological polar surface area (TPSA) is 57.9 Å². The minimum absolute atomic E-state index is 0.0128. The number of rotatable bonds is 3. The first kappa shape index (κ1) is 14.3. The van der Waals surface area contributed by atoms with Crippen molar-refractivity contribution >= 4 is 35.3 Å². The van der Waals surface area contributed by atoms with Crippen molar-refractivity contribution < 1.29 is 9.59 Å². The molecule has 0 saturated carbocycles. The molecule has 2 aromatic carbocycles. The second kappa shape index (κ2) is 5.87. The first-order chi connectivity index (χ1) is 9.58. The van der Waals surface area contributed by atoms with Crippen molar-refractivity contribution in [1.29, 1.82) is 5.26 Å². The van der Waals surface area contributed by atoms with Crippen molar-refractivity contribution in [2.24, 2.45) is 0 Å². The van der Waals surface area contributed by atoms with Gasteiger partial charge in [0, 0.05) is 11.1 Å².